The highest BCUT2D eigenvalue weighted by Gasteiger charge is 2.21. The number of nitrogens with one attached hydrogen (secondary N) is 2. The summed E-state index contributed by atoms with van der Waals surface area (Å²) < 4.78 is 12.8. The van der Waals surface area contributed by atoms with Gasteiger partial charge in [-0.3, -0.25) is 15.2 Å². The molecule has 0 saturated carbocycles. The SMILES string of the molecule is COc1ccc2c(ccn2CCC(=O)Nc2n[nH]c([C@H]3CCCO3)n2)c1. The fraction of sp³-hybridized carbons (Fsp3) is 0.389. The highest BCUT2D eigenvalue weighted by molar-refractivity contribution is 5.89. The number of rotatable bonds is 6. The third-order valence-electron chi connectivity index (χ3n) is 4.55. The van der Waals surface area contributed by atoms with Gasteiger partial charge in [-0.05, 0) is 37.1 Å². The van der Waals surface area contributed by atoms with Crippen LogP contribution in [0.5, 0.6) is 5.75 Å². The van der Waals surface area contributed by atoms with Gasteiger partial charge in [0.25, 0.3) is 0 Å². The van der Waals surface area contributed by atoms with E-state index in [1.165, 1.54) is 0 Å². The van der Waals surface area contributed by atoms with Crippen molar-refractivity contribution in [3.05, 3.63) is 36.3 Å². The highest BCUT2D eigenvalue weighted by Crippen LogP contribution is 2.26. The van der Waals surface area contributed by atoms with Gasteiger partial charge in [0.15, 0.2) is 5.82 Å². The Morgan fingerprint density at radius 3 is 3.19 bits per heavy atom. The highest BCUT2D eigenvalue weighted by atomic mass is 16.5. The standard InChI is InChI=1S/C18H21N5O3/c1-25-13-4-5-14-12(11-13)6-8-23(14)9-7-16(24)19-18-20-17(21-22-18)15-3-2-10-26-15/h4-6,8,11,15H,2-3,7,9-10H2,1H3,(H2,19,20,21,22,24)/t15-/m1/s1. The maximum absolute atomic E-state index is 12.2. The Morgan fingerprint density at radius 1 is 1.46 bits per heavy atom. The Morgan fingerprint density at radius 2 is 2.38 bits per heavy atom. The number of methoxy groups -OCH3 is 1. The van der Waals surface area contributed by atoms with Crippen LogP contribution >= 0.6 is 0 Å². The first-order chi connectivity index (χ1) is 12.7. The zero-order valence-corrected chi connectivity index (χ0v) is 14.6. The summed E-state index contributed by atoms with van der Waals surface area (Å²) in [6.45, 7) is 1.31. The van der Waals surface area contributed by atoms with E-state index in [4.69, 9.17) is 9.47 Å². The van der Waals surface area contributed by atoms with Gasteiger partial charge in [0.2, 0.25) is 11.9 Å². The molecule has 2 N–H and O–H groups in total. The van der Waals surface area contributed by atoms with E-state index >= 15 is 0 Å². The van der Waals surface area contributed by atoms with Gasteiger partial charge in [-0.1, -0.05) is 0 Å². The number of aromatic nitrogens is 4. The first-order valence-electron chi connectivity index (χ1n) is 8.69. The predicted octanol–water partition coefficient (Wildman–Crippen LogP) is 2.65. The van der Waals surface area contributed by atoms with Crippen molar-refractivity contribution in [2.75, 3.05) is 19.0 Å². The number of hydrogen-bond acceptors (Lipinski definition) is 5. The Hall–Kier alpha value is -2.87. The number of ether oxygens (including phenoxy) is 2. The Balaban J connectivity index is 1.35. The molecule has 1 saturated heterocycles. The van der Waals surface area contributed by atoms with Crippen LogP contribution in [0.1, 0.15) is 31.2 Å². The number of aromatic amines is 1. The lowest BCUT2D eigenvalue weighted by molar-refractivity contribution is -0.116. The molecule has 1 aliphatic heterocycles. The van der Waals surface area contributed by atoms with Gasteiger partial charge in [-0.15, -0.1) is 5.10 Å². The molecule has 136 valence electrons. The van der Waals surface area contributed by atoms with Crippen LogP contribution in [0.25, 0.3) is 10.9 Å². The molecule has 4 rings (SSSR count). The van der Waals surface area contributed by atoms with Gasteiger partial charge >= 0.3 is 0 Å². The van der Waals surface area contributed by atoms with E-state index < -0.39 is 0 Å². The van der Waals surface area contributed by atoms with E-state index in [2.05, 4.69) is 20.5 Å². The van der Waals surface area contributed by atoms with E-state index in [1.54, 1.807) is 7.11 Å². The van der Waals surface area contributed by atoms with Gasteiger partial charge in [-0.2, -0.15) is 4.98 Å². The minimum Gasteiger partial charge on any atom is -0.497 e. The average molecular weight is 355 g/mol. The number of carbonyl (C=O) groups excluding carboxylic acids is 1. The summed E-state index contributed by atoms with van der Waals surface area (Å²) in [5.74, 6) is 1.66. The van der Waals surface area contributed by atoms with Gasteiger partial charge in [0, 0.05) is 36.7 Å². The predicted molar refractivity (Wildman–Crippen MR) is 96.0 cm³/mol. The lowest BCUT2D eigenvalue weighted by Crippen LogP contribution is -2.15. The Kier molecular flexibility index (Phi) is 4.57. The number of nitrogens with zero attached hydrogens (tertiary/aromatic N) is 3. The number of hydrogen-bond donors (Lipinski definition) is 2. The summed E-state index contributed by atoms with van der Waals surface area (Å²) >= 11 is 0. The first-order valence-corrected chi connectivity index (χ1v) is 8.69. The zero-order chi connectivity index (χ0) is 17.9. The van der Waals surface area contributed by atoms with Crippen LogP contribution in [-0.2, 0) is 16.1 Å². The topological polar surface area (TPSA) is 94.1 Å². The van der Waals surface area contributed by atoms with E-state index in [9.17, 15) is 4.79 Å². The molecule has 3 heterocycles. The molecule has 0 radical (unpaired) electrons. The maximum atomic E-state index is 12.2. The van der Waals surface area contributed by atoms with Gasteiger partial charge < -0.3 is 14.0 Å². The molecule has 0 aliphatic carbocycles. The van der Waals surface area contributed by atoms with Crippen LogP contribution in [0.15, 0.2) is 30.5 Å². The summed E-state index contributed by atoms with van der Waals surface area (Å²) in [5, 5.41) is 10.7. The molecule has 3 aromatic rings. The van der Waals surface area contributed by atoms with E-state index in [0.29, 0.717) is 24.7 Å². The van der Waals surface area contributed by atoms with Crippen molar-refractivity contribution < 1.29 is 14.3 Å². The van der Waals surface area contributed by atoms with Gasteiger partial charge in [0.05, 0.1) is 7.11 Å². The third kappa shape index (κ3) is 3.41. The molecule has 0 unspecified atom stereocenters. The van der Waals surface area contributed by atoms with E-state index in [0.717, 1.165) is 36.1 Å². The molecule has 2 aromatic heterocycles. The smallest absolute Gasteiger partial charge is 0.248 e. The minimum absolute atomic E-state index is 0.0450. The van der Waals surface area contributed by atoms with Crippen molar-refractivity contribution in [2.45, 2.75) is 31.9 Å². The van der Waals surface area contributed by atoms with Crippen LogP contribution in [0.4, 0.5) is 5.95 Å². The summed E-state index contributed by atoms with van der Waals surface area (Å²) in [7, 11) is 1.65. The van der Waals surface area contributed by atoms with E-state index in [1.807, 2.05) is 35.0 Å². The fourth-order valence-corrected chi connectivity index (χ4v) is 3.18. The number of anilines is 1. The van der Waals surface area contributed by atoms with Gasteiger partial charge in [-0.25, -0.2) is 0 Å². The molecule has 0 spiro atoms. The van der Waals surface area contributed by atoms with Gasteiger partial charge in [0.1, 0.15) is 11.9 Å². The molecule has 1 fully saturated rings. The lowest BCUT2D eigenvalue weighted by atomic mass is 10.2. The number of carbonyl (C=O) groups is 1. The molecule has 26 heavy (non-hydrogen) atoms. The van der Waals surface area contributed by atoms with Crippen molar-refractivity contribution >= 4 is 22.8 Å². The summed E-state index contributed by atoms with van der Waals surface area (Å²) in [6.07, 6.45) is 4.20. The summed E-state index contributed by atoms with van der Waals surface area (Å²) in [4.78, 5) is 16.5. The molecule has 1 aliphatic rings. The maximum Gasteiger partial charge on any atom is 0.248 e. The van der Waals surface area contributed by atoms with Crippen molar-refractivity contribution in [1.29, 1.82) is 0 Å². The molecular formula is C18H21N5O3. The summed E-state index contributed by atoms with van der Waals surface area (Å²) in [5.41, 5.74) is 1.07. The molecule has 1 amide bonds. The number of benzene rings is 1. The van der Waals surface area contributed by atoms with Crippen molar-refractivity contribution in [2.24, 2.45) is 0 Å². The van der Waals surface area contributed by atoms with Crippen LogP contribution in [-0.4, -0.2) is 39.4 Å². The first kappa shape index (κ1) is 16.6. The number of H-pyrrole nitrogens is 1. The lowest BCUT2D eigenvalue weighted by Gasteiger charge is -2.06. The molecule has 0 bridgehead atoms. The van der Waals surface area contributed by atoms with Crippen LogP contribution in [0.3, 0.4) is 0 Å². The monoisotopic (exact) mass is 355 g/mol. The largest absolute Gasteiger partial charge is 0.497 e. The Labute approximate surface area is 150 Å². The van der Waals surface area contributed by atoms with Crippen molar-refractivity contribution in [1.82, 2.24) is 19.7 Å². The van der Waals surface area contributed by atoms with Crippen LogP contribution in [0, 0.1) is 0 Å². The normalized spacial score (nSPS) is 16.9. The fourth-order valence-electron chi connectivity index (χ4n) is 3.18. The molecular weight excluding hydrogens is 334 g/mol. The molecule has 1 atom stereocenters. The second-order valence-electron chi connectivity index (χ2n) is 6.28. The molecule has 8 heteroatoms. The number of fused-ring (bicyclic) bond motifs is 1. The molecule has 1 aromatic carbocycles. The Bertz CT molecular complexity index is 911. The number of amides is 1. The zero-order valence-electron chi connectivity index (χ0n) is 14.6. The minimum atomic E-state index is -0.127. The van der Waals surface area contributed by atoms with E-state index in [-0.39, 0.29) is 12.0 Å². The number of aryl methyl sites for hydroxylation is 1. The van der Waals surface area contributed by atoms with Crippen LogP contribution in [0.2, 0.25) is 0 Å². The second-order valence-corrected chi connectivity index (χ2v) is 6.28. The average Bonchev–Trinajstić information content (AvgIpc) is 3.39. The molecule has 8 nitrogen and oxygen atoms in total. The second kappa shape index (κ2) is 7.17. The summed E-state index contributed by atoms with van der Waals surface area (Å²) in [6, 6.07) is 7.90. The third-order valence-corrected chi connectivity index (χ3v) is 4.55. The van der Waals surface area contributed by atoms with Crippen molar-refractivity contribution in [3.63, 3.8) is 0 Å². The van der Waals surface area contributed by atoms with Crippen LogP contribution < -0.4 is 10.1 Å². The van der Waals surface area contributed by atoms with Crippen molar-refractivity contribution in [3.8, 4) is 5.75 Å². The quantitative estimate of drug-likeness (QED) is 0.709.